The highest BCUT2D eigenvalue weighted by Crippen LogP contribution is 2.29. The van der Waals surface area contributed by atoms with E-state index in [0.717, 1.165) is 16.3 Å². The maximum absolute atomic E-state index is 8.90. The second kappa shape index (κ2) is 6.31. The molecule has 2 aromatic rings. The van der Waals surface area contributed by atoms with Gasteiger partial charge in [-0.3, -0.25) is 0 Å². The van der Waals surface area contributed by atoms with Crippen molar-refractivity contribution >= 4 is 17.3 Å². The molecule has 4 heteroatoms. The molecule has 1 N–H and O–H groups in total. The van der Waals surface area contributed by atoms with Gasteiger partial charge in [-0.05, 0) is 36.8 Å². The molecule has 0 aliphatic carbocycles. The molecular formula is C16H15ClN2O. The summed E-state index contributed by atoms with van der Waals surface area (Å²) in [5.74, 6) is 0.657. The molecule has 0 aliphatic heterocycles. The summed E-state index contributed by atoms with van der Waals surface area (Å²) in [6.45, 7) is 2.06. The van der Waals surface area contributed by atoms with Crippen molar-refractivity contribution in [3.8, 4) is 11.8 Å². The topological polar surface area (TPSA) is 45.0 Å². The number of nitrogens with one attached hydrogen (secondary N) is 1. The first-order valence-electron chi connectivity index (χ1n) is 6.24. The number of hydrogen-bond donors (Lipinski definition) is 1. The van der Waals surface area contributed by atoms with Crippen molar-refractivity contribution in [1.82, 2.24) is 0 Å². The van der Waals surface area contributed by atoms with E-state index in [1.165, 1.54) is 0 Å². The number of anilines is 1. The van der Waals surface area contributed by atoms with Crippen molar-refractivity contribution in [3.05, 3.63) is 58.6 Å². The number of rotatable bonds is 4. The monoisotopic (exact) mass is 286 g/mol. The van der Waals surface area contributed by atoms with E-state index in [-0.39, 0.29) is 6.04 Å². The van der Waals surface area contributed by atoms with E-state index in [0.29, 0.717) is 11.3 Å². The summed E-state index contributed by atoms with van der Waals surface area (Å²) < 4.78 is 5.31. The van der Waals surface area contributed by atoms with Crippen LogP contribution in [0.25, 0.3) is 0 Å². The highest BCUT2D eigenvalue weighted by molar-refractivity contribution is 6.30. The van der Waals surface area contributed by atoms with E-state index < -0.39 is 0 Å². The minimum Gasteiger partial charge on any atom is -0.495 e. The Morgan fingerprint density at radius 1 is 1.20 bits per heavy atom. The van der Waals surface area contributed by atoms with Crippen LogP contribution in [-0.4, -0.2) is 7.11 Å². The van der Waals surface area contributed by atoms with Crippen LogP contribution in [0, 0.1) is 11.3 Å². The van der Waals surface area contributed by atoms with E-state index in [1.54, 1.807) is 19.2 Å². The fourth-order valence-corrected chi connectivity index (χ4v) is 2.07. The van der Waals surface area contributed by atoms with E-state index in [4.69, 9.17) is 21.6 Å². The summed E-state index contributed by atoms with van der Waals surface area (Å²) in [4.78, 5) is 0. The molecule has 2 rings (SSSR count). The van der Waals surface area contributed by atoms with Crippen LogP contribution in [0.5, 0.6) is 5.75 Å². The van der Waals surface area contributed by atoms with Crippen molar-refractivity contribution < 1.29 is 4.74 Å². The lowest BCUT2D eigenvalue weighted by Gasteiger charge is -2.18. The highest BCUT2D eigenvalue weighted by atomic mass is 35.5. The average Bonchev–Trinajstić information content (AvgIpc) is 2.48. The van der Waals surface area contributed by atoms with Crippen LogP contribution >= 0.6 is 11.6 Å². The molecule has 0 bridgehead atoms. The molecule has 20 heavy (non-hydrogen) atoms. The highest BCUT2D eigenvalue weighted by Gasteiger charge is 2.09. The van der Waals surface area contributed by atoms with E-state index >= 15 is 0 Å². The van der Waals surface area contributed by atoms with Crippen molar-refractivity contribution in [2.24, 2.45) is 0 Å². The molecular weight excluding hydrogens is 272 g/mol. The number of nitrogens with zero attached hydrogens (tertiary/aromatic N) is 1. The van der Waals surface area contributed by atoms with Crippen molar-refractivity contribution in [1.29, 1.82) is 5.26 Å². The Labute approximate surface area is 123 Å². The van der Waals surface area contributed by atoms with Crippen LogP contribution in [0.15, 0.2) is 42.5 Å². The fourth-order valence-electron chi connectivity index (χ4n) is 1.95. The molecule has 0 aliphatic rings. The fraction of sp³-hybridized carbons (Fsp3) is 0.188. The number of hydrogen-bond acceptors (Lipinski definition) is 3. The zero-order valence-corrected chi connectivity index (χ0v) is 12.1. The van der Waals surface area contributed by atoms with Gasteiger partial charge < -0.3 is 10.1 Å². The average molecular weight is 287 g/mol. The summed E-state index contributed by atoms with van der Waals surface area (Å²) in [6.07, 6.45) is 0. The molecule has 0 saturated heterocycles. The van der Waals surface area contributed by atoms with Crippen molar-refractivity contribution in [3.63, 3.8) is 0 Å². The van der Waals surface area contributed by atoms with Gasteiger partial charge in [0.05, 0.1) is 24.4 Å². The molecule has 1 atom stereocenters. The number of methoxy groups -OCH3 is 1. The predicted molar refractivity (Wildman–Crippen MR) is 81.2 cm³/mol. The summed E-state index contributed by atoms with van der Waals surface area (Å²) in [5.41, 5.74) is 2.56. The molecule has 0 radical (unpaired) electrons. The normalized spacial score (nSPS) is 11.5. The largest absolute Gasteiger partial charge is 0.495 e. The van der Waals surface area contributed by atoms with Gasteiger partial charge >= 0.3 is 0 Å². The van der Waals surface area contributed by atoms with Crippen LogP contribution in [0.3, 0.4) is 0 Å². The SMILES string of the molecule is COc1cc(C#N)ccc1NC(C)c1ccc(Cl)cc1. The van der Waals surface area contributed by atoms with Crippen LogP contribution in [0.4, 0.5) is 5.69 Å². The van der Waals surface area contributed by atoms with Gasteiger partial charge in [-0.15, -0.1) is 0 Å². The van der Waals surface area contributed by atoms with Gasteiger partial charge in [0, 0.05) is 17.1 Å². The van der Waals surface area contributed by atoms with Gasteiger partial charge in [0.15, 0.2) is 0 Å². The Kier molecular flexibility index (Phi) is 4.49. The summed E-state index contributed by atoms with van der Waals surface area (Å²) in [7, 11) is 1.59. The molecule has 0 heterocycles. The van der Waals surface area contributed by atoms with Gasteiger partial charge in [0.25, 0.3) is 0 Å². The third kappa shape index (κ3) is 3.23. The van der Waals surface area contributed by atoms with Crippen LogP contribution < -0.4 is 10.1 Å². The van der Waals surface area contributed by atoms with Crippen molar-refractivity contribution in [2.45, 2.75) is 13.0 Å². The summed E-state index contributed by atoms with van der Waals surface area (Å²) in [5, 5.41) is 13.0. The number of halogens is 1. The second-order valence-electron chi connectivity index (χ2n) is 4.44. The maximum Gasteiger partial charge on any atom is 0.143 e. The van der Waals surface area contributed by atoms with E-state index in [2.05, 4.69) is 18.3 Å². The van der Waals surface area contributed by atoms with Crippen LogP contribution in [0.2, 0.25) is 5.02 Å². The van der Waals surface area contributed by atoms with E-state index in [9.17, 15) is 0 Å². The predicted octanol–water partition coefficient (Wildman–Crippen LogP) is 4.39. The Morgan fingerprint density at radius 2 is 1.90 bits per heavy atom. The Hall–Kier alpha value is -2.18. The lowest BCUT2D eigenvalue weighted by molar-refractivity contribution is 0.416. The minimum absolute atomic E-state index is 0.106. The third-order valence-electron chi connectivity index (χ3n) is 3.07. The van der Waals surface area contributed by atoms with Crippen LogP contribution in [0.1, 0.15) is 24.1 Å². The molecule has 0 saturated carbocycles. The molecule has 102 valence electrons. The van der Waals surface area contributed by atoms with Gasteiger partial charge in [0.2, 0.25) is 0 Å². The first kappa shape index (κ1) is 14.2. The zero-order chi connectivity index (χ0) is 14.5. The Bertz CT molecular complexity index is 632. The first-order valence-corrected chi connectivity index (χ1v) is 6.62. The van der Waals surface area contributed by atoms with Gasteiger partial charge in [-0.2, -0.15) is 5.26 Å². The van der Waals surface area contributed by atoms with Gasteiger partial charge in [0.1, 0.15) is 5.75 Å². The second-order valence-corrected chi connectivity index (χ2v) is 4.88. The first-order chi connectivity index (χ1) is 9.63. The van der Waals surface area contributed by atoms with Crippen LogP contribution in [-0.2, 0) is 0 Å². The Balaban J connectivity index is 2.21. The Morgan fingerprint density at radius 3 is 2.50 bits per heavy atom. The standard InChI is InChI=1S/C16H15ClN2O/c1-11(13-4-6-14(17)7-5-13)19-15-8-3-12(10-18)9-16(15)20-2/h3-9,11,19H,1-2H3. The molecule has 1 unspecified atom stereocenters. The quantitative estimate of drug-likeness (QED) is 0.906. The number of benzene rings is 2. The molecule has 0 fully saturated rings. The number of nitriles is 1. The van der Waals surface area contributed by atoms with Gasteiger partial charge in [-0.1, -0.05) is 23.7 Å². The maximum atomic E-state index is 8.90. The summed E-state index contributed by atoms with van der Waals surface area (Å²) in [6, 6.07) is 15.2. The molecule has 0 amide bonds. The molecule has 0 aromatic heterocycles. The van der Waals surface area contributed by atoms with Gasteiger partial charge in [-0.25, -0.2) is 0 Å². The van der Waals surface area contributed by atoms with Crippen molar-refractivity contribution in [2.75, 3.05) is 12.4 Å². The lowest BCUT2D eigenvalue weighted by atomic mass is 10.1. The lowest BCUT2D eigenvalue weighted by Crippen LogP contribution is -2.07. The van der Waals surface area contributed by atoms with E-state index in [1.807, 2.05) is 30.3 Å². The minimum atomic E-state index is 0.106. The molecule has 0 spiro atoms. The summed E-state index contributed by atoms with van der Waals surface area (Å²) >= 11 is 5.89. The zero-order valence-electron chi connectivity index (χ0n) is 11.4. The third-order valence-corrected chi connectivity index (χ3v) is 3.32. The molecule has 3 nitrogen and oxygen atoms in total. The molecule has 2 aromatic carbocycles. The number of ether oxygens (including phenoxy) is 1. The smallest absolute Gasteiger partial charge is 0.143 e.